The lowest BCUT2D eigenvalue weighted by atomic mass is 10.5. The van der Waals surface area contributed by atoms with Crippen molar-refractivity contribution in [2.45, 2.75) is 60.3 Å². The highest BCUT2D eigenvalue weighted by atomic mass is 31.2. The summed E-state index contributed by atoms with van der Waals surface area (Å²) in [6.45, 7) is 10.5. The number of rotatable bonds is 8. The Hall–Kier alpha value is 0.330. The van der Waals surface area contributed by atoms with E-state index in [9.17, 15) is 0 Å². The largest absolute Gasteiger partial charge is 0.481 e. The minimum Gasteiger partial charge on any atom is -0.481 e. The molecule has 0 amide bonds. The molecular formula is C14H35O2P2+. The predicted octanol–water partition coefficient (Wildman–Crippen LogP) is 4.79. The molecule has 0 heterocycles. The van der Waals surface area contributed by atoms with Crippen LogP contribution < -0.4 is 0 Å². The van der Waals surface area contributed by atoms with Crippen LogP contribution in [-0.4, -0.2) is 35.7 Å². The summed E-state index contributed by atoms with van der Waals surface area (Å²) >= 11 is 0. The summed E-state index contributed by atoms with van der Waals surface area (Å²) in [6, 6.07) is 0. The molecule has 0 radical (unpaired) electrons. The Balaban J connectivity index is -0.000000392. The number of carboxylic acid groups (broad SMARTS) is 1. The lowest BCUT2D eigenvalue weighted by Gasteiger charge is -2.26. The Kier molecular flexibility index (Phi) is 20.0. The maximum atomic E-state index is 9.00. The lowest BCUT2D eigenvalue weighted by molar-refractivity contribution is -0.134. The van der Waals surface area contributed by atoms with E-state index in [0.717, 1.165) is 6.92 Å². The minimum absolute atomic E-state index is 0. The molecule has 0 aromatic carbocycles. The molecule has 0 aliphatic rings. The number of hydrogen-bond donors (Lipinski definition) is 1. The molecule has 0 bridgehead atoms. The van der Waals surface area contributed by atoms with Gasteiger partial charge in [0.2, 0.25) is 0 Å². The van der Waals surface area contributed by atoms with Gasteiger partial charge in [-0.25, -0.2) is 0 Å². The Bertz CT molecular complexity index is 151. The first kappa shape index (κ1) is 23.4. The van der Waals surface area contributed by atoms with Gasteiger partial charge < -0.3 is 5.11 Å². The van der Waals surface area contributed by atoms with Gasteiger partial charge in [0, 0.05) is 14.2 Å². The first-order valence-corrected chi connectivity index (χ1v) is 9.55. The van der Waals surface area contributed by atoms with Crippen molar-refractivity contribution in [2.75, 3.05) is 24.6 Å². The third kappa shape index (κ3) is 14.4. The highest BCUT2D eigenvalue weighted by Gasteiger charge is 2.32. The zero-order chi connectivity index (χ0) is 13.7. The van der Waals surface area contributed by atoms with Crippen molar-refractivity contribution in [3.05, 3.63) is 0 Å². The van der Waals surface area contributed by atoms with Gasteiger partial charge in [-0.2, -0.15) is 9.90 Å². The van der Waals surface area contributed by atoms with Crippen LogP contribution in [0.5, 0.6) is 0 Å². The molecule has 0 saturated heterocycles. The SMILES string of the molecule is CC(=O)O.CCC[P+](CCC)(CCC)CCC.P. The van der Waals surface area contributed by atoms with Crippen LogP contribution in [-0.2, 0) is 4.79 Å². The minimum atomic E-state index is -0.833. The first-order valence-electron chi connectivity index (χ1n) is 7.02. The van der Waals surface area contributed by atoms with Crippen molar-refractivity contribution < 1.29 is 9.90 Å². The van der Waals surface area contributed by atoms with E-state index in [2.05, 4.69) is 27.7 Å². The summed E-state index contributed by atoms with van der Waals surface area (Å²) in [6.07, 6.45) is 11.9. The molecule has 1 atom stereocenters. The van der Waals surface area contributed by atoms with Gasteiger partial charge in [0.25, 0.3) is 5.97 Å². The molecule has 0 aliphatic carbocycles. The molecule has 0 saturated carbocycles. The van der Waals surface area contributed by atoms with Crippen molar-refractivity contribution in [3.63, 3.8) is 0 Å². The summed E-state index contributed by atoms with van der Waals surface area (Å²) < 4.78 is 0. The van der Waals surface area contributed by atoms with Crippen molar-refractivity contribution in [3.8, 4) is 0 Å². The fourth-order valence-corrected chi connectivity index (χ4v) is 7.70. The Morgan fingerprint density at radius 1 is 0.833 bits per heavy atom. The summed E-state index contributed by atoms with van der Waals surface area (Å²) in [5.74, 6) is -0.833. The van der Waals surface area contributed by atoms with E-state index in [1.54, 1.807) is 24.6 Å². The zero-order valence-corrected chi connectivity index (χ0v) is 15.5. The van der Waals surface area contributed by atoms with Crippen LogP contribution in [0.1, 0.15) is 60.3 Å². The monoisotopic (exact) mass is 297 g/mol. The van der Waals surface area contributed by atoms with Gasteiger partial charge in [0.05, 0.1) is 24.6 Å². The molecule has 112 valence electrons. The molecule has 2 nitrogen and oxygen atoms in total. The van der Waals surface area contributed by atoms with E-state index in [0.29, 0.717) is 0 Å². The van der Waals surface area contributed by atoms with Crippen LogP contribution in [0.3, 0.4) is 0 Å². The second-order valence-electron chi connectivity index (χ2n) is 4.76. The Labute approximate surface area is 118 Å². The van der Waals surface area contributed by atoms with Crippen molar-refractivity contribution in [1.82, 2.24) is 0 Å². The van der Waals surface area contributed by atoms with Crippen LogP contribution >= 0.6 is 17.2 Å². The second-order valence-corrected chi connectivity index (χ2v) is 9.23. The first-order chi connectivity index (χ1) is 7.97. The van der Waals surface area contributed by atoms with Crippen LogP contribution in [0.25, 0.3) is 0 Å². The molecule has 0 fully saturated rings. The normalized spacial score (nSPS) is 10.1. The maximum absolute atomic E-state index is 9.00. The third-order valence-electron chi connectivity index (χ3n) is 2.79. The lowest BCUT2D eigenvalue weighted by Crippen LogP contribution is -2.10. The van der Waals surface area contributed by atoms with Crippen LogP contribution in [0.15, 0.2) is 0 Å². The van der Waals surface area contributed by atoms with Gasteiger partial charge in [-0.1, -0.05) is 27.7 Å². The van der Waals surface area contributed by atoms with Gasteiger partial charge in [-0.3, -0.25) is 4.79 Å². The molecule has 0 aromatic rings. The number of hydrogen-bond acceptors (Lipinski definition) is 1. The molecule has 1 N–H and O–H groups in total. The van der Waals surface area contributed by atoms with Crippen molar-refractivity contribution >= 4 is 23.1 Å². The van der Waals surface area contributed by atoms with Gasteiger partial charge in [-0.15, -0.1) is 0 Å². The van der Waals surface area contributed by atoms with E-state index in [1.165, 1.54) is 25.7 Å². The van der Waals surface area contributed by atoms with Gasteiger partial charge in [-0.05, 0) is 25.7 Å². The van der Waals surface area contributed by atoms with E-state index in [4.69, 9.17) is 9.90 Å². The third-order valence-corrected chi connectivity index (χ3v) is 8.38. The number of carbonyl (C=O) groups is 1. The van der Waals surface area contributed by atoms with Gasteiger partial charge in [0.15, 0.2) is 0 Å². The molecule has 0 aliphatic heterocycles. The van der Waals surface area contributed by atoms with Gasteiger partial charge in [0.1, 0.15) is 0 Å². The highest BCUT2D eigenvalue weighted by Crippen LogP contribution is 2.60. The van der Waals surface area contributed by atoms with E-state index in [1.807, 2.05) is 0 Å². The molecule has 18 heavy (non-hydrogen) atoms. The zero-order valence-electron chi connectivity index (χ0n) is 13.2. The number of aliphatic carboxylic acids is 1. The Morgan fingerprint density at radius 3 is 1.11 bits per heavy atom. The quantitative estimate of drug-likeness (QED) is 0.654. The van der Waals surface area contributed by atoms with E-state index < -0.39 is 13.2 Å². The molecule has 1 unspecified atom stereocenters. The summed E-state index contributed by atoms with van der Waals surface area (Å²) in [7, 11) is -0.496. The molecule has 0 aromatic heterocycles. The second kappa shape index (κ2) is 15.4. The Morgan fingerprint density at radius 2 is 1.00 bits per heavy atom. The summed E-state index contributed by atoms with van der Waals surface area (Å²) in [4.78, 5) is 9.00. The standard InChI is InChI=1S/C12H28P.C2H4O2.H3P/c1-5-9-13(10-6-2,11-7-3)12-8-4;1-2(3)4;/h5-12H2,1-4H3;1H3,(H,3,4);1H3/q+1;;. The molecule has 0 spiro atoms. The fraction of sp³-hybridized carbons (Fsp3) is 0.929. The average molecular weight is 297 g/mol. The van der Waals surface area contributed by atoms with Crippen LogP contribution in [0, 0.1) is 0 Å². The van der Waals surface area contributed by atoms with E-state index >= 15 is 0 Å². The topological polar surface area (TPSA) is 37.3 Å². The molecule has 4 heteroatoms. The van der Waals surface area contributed by atoms with Crippen LogP contribution in [0.4, 0.5) is 0 Å². The average Bonchev–Trinajstić information content (AvgIpc) is 2.18. The van der Waals surface area contributed by atoms with Gasteiger partial charge >= 0.3 is 0 Å². The highest BCUT2D eigenvalue weighted by molar-refractivity contribution is 7.75. The maximum Gasteiger partial charge on any atom is 0.300 e. The van der Waals surface area contributed by atoms with Crippen molar-refractivity contribution in [2.24, 2.45) is 0 Å². The fourth-order valence-electron chi connectivity index (χ4n) is 2.57. The van der Waals surface area contributed by atoms with Crippen molar-refractivity contribution in [1.29, 1.82) is 0 Å². The smallest absolute Gasteiger partial charge is 0.300 e. The molecular weight excluding hydrogens is 262 g/mol. The van der Waals surface area contributed by atoms with Crippen LogP contribution in [0.2, 0.25) is 0 Å². The predicted molar refractivity (Wildman–Crippen MR) is 92.0 cm³/mol. The summed E-state index contributed by atoms with van der Waals surface area (Å²) in [5.41, 5.74) is 0. The number of carboxylic acids is 1. The summed E-state index contributed by atoms with van der Waals surface area (Å²) in [5, 5.41) is 7.42. The molecule has 0 rings (SSSR count). The van der Waals surface area contributed by atoms with E-state index in [-0.39, 0.29) is 9.90 Å².